The van der Waals surface area contributed by atoms with Crippen LogP contribution < -0.4 is 10.5 Å². The van der Waals surface area contributed by atoms with Gasteiger partial charge in [-0.2, -0.15) is 0 Å². The first-order valence-electron chi connectivity index (χ1n) is 6.69. The lowest BCUT2D eigenvalue weighted by molar-refractivity contribution is 0.319. The number of benzene rings is 1. The molecular formula is C14H21FIN3O. The van der Waals surface area contributed by atoms with Gasteiger partial charge in [-0.1, -0.05) is 6.07 Å². The molecule has 1 aliphatic heterocycles. The van der Waals surface area contributed by atoms with E-state index in [9.17, 15) is 4.39 Å². The van der Waals surface area contributed by atoms with Gasteiger partial charge in [-0.05, 0) is 31.4 Å². The van der Waals surface area contributed by atoms with E-state index in [1.807, 2.05) is 0 Å². The molecule has 1 aromatic rings. The summed E-state index contributed by atoms with van der Waals surface area (Å²) in [6.07, 6.45) is 3.62. The van der Waals surface area contributed by atoms with Gasteiger partial charge in [-0.15, -0.1) is 24.0 Å². The van der Waals surface area contributed by atoms with Crippen LogP contribution in [0.1, 0.15) is 19.3 Å². The zero-order valence-electron chi connectivity index (χ0n) is 11.4. The summed E-state index contributed by atoms with van der Waals surface area (Å²) in [6.45, 7) is 2.86. The normalized spacial score (nSPS) is 15.7. The van der Waals surface area contributed by atoms with E-state index in [2.05, 4.69) is 9.89 Å². The van der Waals surface area contributed by atoms with Crippen LogP contribution in [0, 0.1) is 5.82 Å². The molecule has 0 atom stereocenters. The topological polar surface area (TPSA) is 50.9 Å². The molecule has 1 heterocycles. The molecule has 1 fully saturated rings. The van der Waals surface area contributed by atoms with Crippen LogP contribution in [0.3, 0.4) is 0 Å². The third-order valence-corrected chi connectivity index (χ3v) is 3.11. The first-order valence-corrected chi connectivity index (χ1v) is 6.69. The summed E-state index contributed by atoms with van der Waals surface area (Å²) in [5.74, 6) is 0.808. The van der Waals surface area contributed by atoms with Gasteiger partial charge in [0.25, 0.3) is 0 Å². The van der Waals surface area contributed by atoms with Crippen molar-refractivity contribution in [2.75, 3.05) is 26.2 Å². The third-order valence-electron chi connectivity index (χ3n) is 3.11. The first-order chi connectivity index (χ1) is 9.25. The molecule has 0 spiro atoms. The first kappa shape index (κ1) is 17.0. The molecule has 1 saturated heterocycles. The smallest absolute Gasteiger partial charge is 0.191 e. The van der Waals surface area contributed by atoms with E-state index >= 15 is 0 Å². The second kappa shape index (κ2) is 8.99. The highest BCUT2D eigenvalue weighted by Gasteiger charge is 2.11. The highest BCUT2D eigenvalue weighted by Crippen LogP contribution is 2.11. The Hall–Kier alpha value is -1.05. The van der Waals surface area contributed by atoms with Gasteiger partial charge in [0.15, 0.2) is 5.96 Å². The maximum absolute atomic E-state index is 12.9. The van der Waals surface area contributed by atoms with Gasteiger partial charge in [0, 0.05) is 19.2 Å². The van der Waals surface area contributed by atoms with Crippen molar-refractivity contribution >= 4 is 29.9 Å². The van der Waals surface area contributed by atoms with Crippen LogP contribution in [0.25, 0.3) is 0 Å². The fraction of sp³-hybridized carbons (Fsp3) is 0.500. The van der Waals surface area contributed by atoms with Gasteiger partial charge in [-0.25, -0.2) is 9.38 Å². The predicted molar refractivity (Wildman–Crippen MR) is 89.2 cm³/mol. The van der Waals surface area contributed by atoms with E-state index in [0.717, 1.165) is 13.1 Å². The maximum Gasteiger partial charge on any atom is 0.191 e. The summed E-state index contributed by atoms with van der Waals surface area (Å²) in [6, 6.07) is 6.09. The van der Waals surface area contributed by atoms with Gasteiger partial charge in [0.1, 0.15) is 18.2 Å². The van der Waals surface area contributed by atoms with Crippen molar-refractivity contribution < 1.29 is 9.13 Å². The highest BCUT2D eigenvalue weighted by atomic mass is 127. The summed E-state index contributed by atoms with van der Waals surface area (Å²) in [4.78, 5) is 6.39. The van der Waals surface area contributed by atoms with Crippen LogP contribution in [0.15, 0.2) is 29.3 Å². The monoisotopic (exact) mass is 393 g/mol. The standard InChI is InChI=1S/C14H20FN3O.HI/c15-12-5-4-6-13(11-12)19-10-7-17-14(16)18-8-2-1-3-9-18;/h4-6,11H,1-3,7-10H2,(H2,16,17);1H. The molecule has 0 unspecified atom stereocenters. The van der Waals surface area contributed by atoms with Gasteiger partial charge >= 0.3 is 0 Å². The second-order valence-corrected chi connectivity index (χ2v) is 4.59. The summed E-state index contributed by atoms with van der Waals surface area (Å²) in [7, 11) is 0. The lowest BCUT2D eigenvalue weighted by Gasteiger charge is -2.27. The van der Waals surface area contributed by atoms with Crippen LogP contribution in [-0.2, 0) is 0 Å². The number of likely N-dealkylation sites (tertiary alicyclic amines) is 1. The van der Waals surface area contributed by atoms with Crippen molar-refractivity contribution in [1.82, 2.24) is 4.90 Å². The van der Waals surface area contributed by atoms with Crippen LogP contribution in [0.4, 0.5) is 4.39 Å². The molecule has 0 aliphatic carbocycles. The number of rotatable bonds is 4. The molecule has 20 heavy (non-hydrogen) atoms. The summed E-state index contributed by atoms with van der Waals surface area (Å²) in [5, 5.41) is 0. The largest absolute Gasteiger partial charge is 0.492 e. The number of nitrogens with two attached hydrogens (primary N) is 1. The van der Waals surface area contributed by atoms with Crippen LogP contribution in [-0.4, -0.2) is 37.1 Å². The molecule has 0 bridgehead atoms. The van der Waals surface area contributed by atoms with Crippen LogP contribution in [0.5, 0.6) is 5.75 Å². The van der Waals surface area contributed by atoms with Crippen molar-refractivity contribution in [3.05, 3.63) is 30.1 Å². The fourth-order valence-electron chi connectivity index (χ4n) is 2.10. The number of ether oxygens (including phenoxy) is 1. The van der Waals surface area contributed by atoms with E-state index in [0.29, 0.717) is 24.9 Å². The molecule has 0 radical (unpaired) electrons. The van der Waals surface area contributed by atoms with E-state index in [1.54, 1.807) is 12.1 Å². The maximum atomic E-state index is 12.9. The van der Waals surface area contributed by atoms with E-state index in [-0.39, 0.29) is 29.8 Å². The molecule has 0 saturated carbocycles. The Labute approximate surface area is 136 Å². The Morgan fingerprint density at radius 3 is 2.75 bits per heavy atom. The number of hydrogen-bond acceptors (Lipinski definition) is 2. The van der Waals surface area contributed by atoms with Crippen molar-refractivity contribution in [1.29, 1.82) is 0 Å². The molecule has 112 valence electrons. The number of hydrogen-bond donors (Lipinski definition) is 1. The molecule has 1 aliphatic rings. The molecule has 2 rings (SSSR count). The lowest BCUT2D eigenvalue weighted by atomic mass is 10.1. The van der Waals surface area contributed by atoms with Crippen LogP contribution in [0.2, 0.25) is 0 Å². The predicted octanol–water partition coefficient (Wildman–Crippen LogP) is 2.62. The summed E-state index contributed by atoms with van der Waals surface area (Å²) < 4.78 is 18.3. The summed E-state index contributed by atoms with van der Waals surface area (Å²) >= 11 is 0. The van der Waals surface area contributed by atoms with Crippen molar-refractivity contribution in [3.8, 4) is 5.75 Å². The average Bonchev–Trinajstić information content (AvgIpc) is 2.44. The minimum atomic E-state index is -0.297. The third kappa shape index (κ3) is 5.52. The minimum Gasteiger partial charge on any atom is -0.492 e. The lowest BCUT2D eigenvalue weighted by Crippen LogP contribution is -2.41. The zero-order valence-corrected chi connectivity index (χ0v) is 13.8. The van der Waals surface area contributed by atoms with Gasteiger partial charge in [-0.3, -0.25) is 0 Å². The molecule has 4 nitrogen and oxygen atoms in total. The molecular weight excluding hydrogens is 372 g/mol. The second-order valence-electron chi connectivity index (χ2n) is 4.59. The summed E-state index contributed by atoms with van der Waals surface area (Å²) in [5.41, 5.74) is 5.91. The van der Waals surface area contributed by atoms with Crippen molar-refractivity contribution in [2.45, 2.75) is 19.3 Å². The zero-order chi connectivity index (χ0) is 13.5. The van der Waals surface area contributed by atoms with Crippen LogP contribution >= 0.6 is 24.0 Å². The number of piperidine rings is 1. The van der Waals surface area contributed by atoms with E-state index in [4.69, 9.17) is 10.5 Å². The number of guanidine groups is 1. The average molecular weight is 393 g/mol. The molecule has 0 amide bonds. The minimum absolute atomic E-state index is 0. The molecule has 6 heteroatoms. The molecule has 1 aromatic carbocycles. The Morgan fingerprint density at radius 2 is 2.05 bits per heavy atom. The Bertz CT molecular complexity index is 436. The number of aliphatic imine (C=N–C) groups is 1. The van der Waals surface area contributed by atoms with E-state index in [1.165, 1.54) is 31.4 Å². The highest BCUT2D eigenvalue weighted by molar-refractivity contribution is 14.0. The quantitative estimate of drug-likeness (QED) is 0.370. The molecule has 0 aromatic heterocycles. The van der Waals surface area contributed by atoms with Gasteiger partial charge < -0.3 is 15.4 Å². The Balaban J connectivity index is 0.00000200. The van der Waals surface area contributed by atoms with E-state index < -0.39 is 0 Å². The van der Waals surface area contributed by atoms with Crippen molar-refractivity contribution in [2.24, 2.45) is 10.7 Å². The number of halogens is 2. The number of nitrogens with zero attached hydrogens (tertiary/aromatic N) is 2. The Morgan fingerprint density at radius 1 is 1.30 bits per heavy atom. The fourth-order valence-corrected chi connectivity index (χ4v) is 2.10. The van der Waals surface area contributed by atoms with Crippen molar-refractivity contribution in [3.63, 3.8) is 0 Å². The van der Waals surface area contributed by atoms with Gasteiger partial charge in [0.2, 0.25) is 0 Å². The SMILES string of the molecule is I.NC(=NCCOc1cccc(F)c1)N1CCCCC1. The Kier molecular flexibility index (Phi) is 7.64. The molecule has 2 N–H and O–H groups in total. The van der Waals surface area contributed by atoms with Gasteiger partial charge in [0.05, 0.1) is 6.54 Å².